The van der Waals surface area contributed by atoms with Gasteiger partial charge in [0.1, 0.15) is 12.2 Å². The van der Waals surface area contributed by atoms with Crippen molar-refractivity contribution in [3.8, 4) is 0 Å². The van der Waals surface area contributed by atoms with Crippen molar-refractivity contribution in [2.45, 2.75) is 32.9 Å². The van der Waals surface area contributed by atoms with Crippen LogP contribution in [0.25, 0.3) is 0 Å². The Morgan fingerprint density at radius 2 is 2.31 bits per heavy atom. The minimum Gasteiger partial charge on any atom is -0.354 e. The average molecular weight is 225 g/mol. The van der Waals surface area contributed by atoms with E-state index in [4.69, 9.17) is 0 Å². The highest BCUT2D eigenvalue weighted by Crippen LogP contribution is 1.89. The van der Waals surface area contributed by atoms with Crippen molar-refractivity contribution in [1.82, 2.24) is 25.4 Å². The lowest BCUT2D eigenvalue weighted by atomic mass is 10.3. The van der Waals surface area contributed by atoms with Crippen molar-refractivity contribution in [3.63, 3.8) is 0 Å². The highest BCUT2D eigenvalue weighted by Gasteiger charge is 2.03. The smallest absolute Gasteiger partial charge is 0.221 e. The zero-order valence-electron chi connectivity index (χ0n) is 10.0. The molecule has 0 aromatic carbocycles. The maximum Gasteiger partial charge on any atom is 0.221 e. The Morgan fingerprint density at radius 3 is 2.88 bits per heavy atom. The third-order valence-electron chi connectivity index (χ3n) is 2.07. The van der Waals surface area contributed by atoms with Crippen LogP contribution < -0.4 is 10.6 Å². The fraction of sp³-hybridized carbons (Fsp3) is 0.700. The number of nitrogens with one attached hydrogen (secondary N) is 2. The molecular weight excluding hydrogens is 206 g/mol. The molecule has 0 fully saturated rings. The minimum absolute atomic E-state index is 0.0699. The van der Waals surface area contributed by atoms with Gasteiger partial charge in [0.15, 0.2) is 0 Å². The van der Waals surface area contributed by atoms with Crippen molar-refractivity contribution in [1.29, 1.82) is 0 Å². The first kappa shape index (κ1) is 12.6. The molecule has 90 valence electrons. The summed E-state index contributed by atoms with van der Waals surface area (Å²) in [6.07, 6.45) is 2.00. The van der Waals surface area contributed by atoms with E-state index in [0.717, 1.165) is 5.82 Å². The third-order valence-corrected chi connectivity index (χ3v) is 2.07. The first-order chi connectivity index (χ1) is 7.59. The highest BCUT2D eigenvalue weighted by atomic mass is 16.1. The quantitative estimate of drug-likeness (QED) is 0.659. The Bertz CT molecular complexity index is 334. The number of carbonyl (C=O) groups is 1. The molecule has 0 bridgehead atoms. The number of hydrogen-bond acceptors (Lipinski definition) is 4. The lowest BCUT2D eigenvalue weighted by Gasteiger charge is -2.08. The topological polar surface area (TPSA) is 71.8 Å². The summed E-state index contributed by atoms with van der Waals surface area (Å²) in [5, 5.41) is 9.94. The van der Waals surface area contributed by atoms with Gasteiger partial charge in [0.2, 0.25) is 5.91 Å². The van der Waals surface area contributed by atoms with Gasteiger partial charge in [-0.2, -0.15) is 5.10 Å². The molecule has 1 heterocycles. The Morgan fingerprint density at radius 1 is 1.56 bits per heavy atom. The van der Waals surface area contributed by atoms with Crippen molar-refractivity contribution < 1.29 is 4.79 Å². The van der Waals surface area contributed by atoms with Crippen LogP contribution in [0, 0.1) is 0 Å². The Balaban J connectivity index is 2.13. The average Bonchev–Trinajstić information content (AvgIpc) is 2.58. The van der Waals surface area contributed by atoms with Gasteiger partial charge in [-0.05, 0) is 13.8 Å². The molecule has 0 aliphatic carbocycles. The molecule has 0 spiro atoms. The first-order valence-corrected chi connectivity index (χ1v) is 5.42. The highest BCUT2D eigenvalue weighted by molar-refractivity contribution is 5.76. The maximum atomic E-state index is 11.3. The second kappa shape index (κ2) is 6.22. The Hall–Kier alpha value is -1.43. The van der Waals surface area contributed by atoms with Crippen LogP contribution in [0.1, 0.15) is 26.1 Å². The monoisotopic (exact) mass is 225 g/mol. The predicted octanol–water partition coefficient (Wildman–Crippen LogP) is -0.181. The van der Waals surface area contributed by atoms with Crippen LogP contribution in [-0.2, 0) is 18.4 Å². The summed E-state index contributed by atoms with van der Waals surface area (Å²) in [6.45, 7) is 5.17. The van der Waals surface area contributed by atoms with E-state index in [1.165, 1.54) is 6.33 Å². The van der Waals surface area contributed by atoms with E-state index < -0.39 is 0 Å². The van der Waals surface area contributed by atoms with Gasteiger partial charge in [-0.15, -0.1) is 0 Å². The standard InChI is InChI=1S/C10H19N5O/c1-8(2)14-10(16)4-5-11-6-9-12-7-13-15(9)3/h7-8,11H,4-6H2,1-3H3,(H,14,16). The van der Waals surface area contributed by atoms with Gasteiger partial charge in [-0.3, -0.25) is 9.48 Å². The summed E-state index contributed by atoms with van der Waals surface area (Å²) in [5.74, 6) is 0.935. The van der Waals surface area contributed by atoms with Crippen molar-refractivity contribution in [2.24, 2.45) is 7.05 Å². The normalized spacial score (nSPS) is 10.8. The van der Waals surface area contributed by atoms with Gasteiger partial charge in [0.25, 0.3) is 0 Å². The van der Waals surface area contributed by atoms with Gasteiger partial charge in [0, 0.05) is 26.1 Å². The van der Waals surface area contributed by atoms with Gasteiger partial charge in [-0.1, -0.05) is 0 Å². The molecule has 0 saturated carbocycles. The van der Waals surface area contributed by atoms with Gasteiger partial charge in [-0.25, -0.2) is 4.98 Å². The van der Waals surface area contributed by atoms with E-state index in [-0.39, 0.29) is 11.9 Å². The molecule has 16 heavy (non-hydrogen) atoms. The summed E-state index contributed by atoms with van der Waals surface area (Å²) < 4.78 is 1.71. The fourth-order valence-electron chi connectivity index (χ4n) is 1.28. The van der Waals surface area contributed by atoms with Crippen LogP contribution in [0.2, 0.25) is 0 Å². The lowest BCUT2D eigenvalue weighted by Crippen LogP contribution is -2.32. The number of aromatic nitrogens is 3. The molecule has 0 radical (unpaired) electrons. The first-order valence-electron chi connectivity index (χ1n) is 5.42. The molecule has 1 amide bonds. The molecule has 6 heteroatoms. The SMILES string of the molecule is CC(C)NC(=O)CCNCc1ncnn1C. The van der Waals surface area contributed by atoms with Crippen LogP contribution in [0.15, 0.2) is 6.33 Å². The minimum atomic E-state index is 0.0699. The number of carbonyl (C=O) groups excluding carboxylic acids is 1. The summed E-state index contributed by atoms with van der Waals surface area (Å²) in [5.41, 5.74) is 0. The van der Waals surface area contributed by atoms with E-state index in [2.05, 4.69) is 20.7 Å². The lowest BCUT2D eigenvalue weighted by molar-refractivity contribution is -0.121. The number of amides is 1. The van der Waals surface area contributed by atoms with E-state index in [0.29, 0.717) is 19.5 Å². The molecule has 0 aliphatic rings. The molecule has 6 nitrogen and oxygen atoms in total. The Kier molecular flexibility index (Phi) is 4.91. The zero-order valence-corrected chi connectivity index (χ0v) is 10.0. The molecular formula is C10H19N5O. The number of nitrogens with zero attached hydrogens (tertiary/aromatic N) is 3. The maximum absolute atomic E-state index is 11.3. The molecule has 0 aliphatic heterocycles. The molecule has 1 aromatic rings. The largest absolute Gasteiger partial charge is 0.354 e. The molecule has 1 aromatic heterocycles. The van der Waals surface area contributed by atoms with E-state index in [9.17, 15) is 4.79 Å². The van der Waals surface area contributed by atoms with E-state index in [1.807, 2.05) is 20.9 Å². The molecule has 0 unspecified atom stereocenters. The number of aryl methyl sites for hydroxylation is 1. The summed E-state index contributed by atoms with van der Waals surface area (Å²) in [7, 11) is 1.84. The summed E-state index contributed by atoms with van der Waals surface area (Å²) >= 11 is 0. The van der Waals surface area contributed by atoms with Crippen LogP contribution in [0.4, 0.5) is 0 Å². The second-order valence-corrected chi connectivity index (χ2v) is 3.95. The second-order valence-electron chi connectivity index (χ2n) is 3.95. The van der Waals surface area contributed by atoms with Crippen molar-refractivity contribution >= 4 is 5.91 Å². The molecule has 0 saturated heterocycles. The summed E-state index contributed by atoms with van der Waals surface area (Å²) in [4.78, 5) is 15.4. The van der Waals surface area contributed by atoms with Crippen molar-refractivity contribution in [3.05, 3.63) is 12.2 Å². The van der Waals surface area contributed by atoms with Gasteiger partial charge < -0.3 is 10.6 Å². The van der Waals surface area contributed by atoms with E-state index in [1.54, 1.807) is 4.68 Å². The number of rotatable bonds is 6. The predicted molar refractivity (Wildman–Crippen MR) is 60.6 cm³/mol. The van der Waals surface area contributed by atoms with E-state index >= 15 is 0 Å². The number of hydrogen-bond donors (Lipinski definition) is 2. The molecule has 2 N–H and O–H groups in total. The van der Waals surface area contributed by atoms with Gasteiger partial charge >= 0.3 is 0 Å². The van der Waals surface area contributed by atoms with Crippen molar-refractivity contribution in [2.75, 3.05) is 6.54 Å². The zero-order chi connectivity index (χ0) is 12.0. The fourth-order valence-corrected chi connectivity index (χ4v) is 1.28. The molecule has 1 rings (SSSR count). The van der Waals surface area contributed by atoms with Crippen LogP contribution in [0.5, 0.6) is 0 Å². The van der Waals surface area contributed by atoms with Crippen LogP contribution in [0.3, 0.4) is 0 Å². The third kappa shape index (κ3) is 4.39. The molecule has 0 atom stereocenters. The van der Waals surface area contributed by atoms with Crippen LogP contribution in [-0.4, -0.2) is 33.3 Å². The summed E-state index contributed by atoms with van der Waals surface area (Å²) in [6, 6.07) is 0.200. The van der Waals surface area contributed by atoms with Crippen LogP contribution >= 0.6 is 0 Å². The van der Waals surface area contributed by atoms with Gasteiger partial charge in [0.05, 0.1) is 6.54 Å². The Labute approximate surface area is 95.4 Å².